The van der Waals surface area contributed by atoms with Crippen molar-refractivity contribution >= 4 is 39.2 Å². The van der Waals surface area contributed by atoms with Crippen molar-refractivity contribution in [1.82, 2.24) is 19.1 Å². The maximum Gasteiger partial charge on any atom is 0.270 e. The van der Waals surface area contributed by atoms with Crippen molar-refractivity contribution < 1.29 is 22.4 Å². The van der Waals surface area contributed by atoms with Crippen LogP contribution in [0.4, 0.5) is 0 Å². The summed E-state index contributed by atoms with van der Waals surface area (Å²) in [5, 5.41) is 3.10. The summed E-state index contributed by atoms with van der Waals surface area (Å²) in [5.41, 5.74) is 1.23. The van der Waals surface area contributed by atoms with E-state index in [1.165, 1.54) is 4.31 Å². The number of likely N-dealkylation sites (tertiary alicyclic amines) is 1. The summed E-state index contributed by atoms with van der Waals surface area (Å²) in [6, 6.07) is 5.28. The van der Waals surface area contributed by atoms with E-state index in [-0.39, 0.29) is 16.7 Å². The zero-order valence-corrected chi connectivity index (χ0v) is 19.5. The van der Waals surface area contributed by atoms with E-state index in [1.807, 2.05) is 4.57 Å². The van der Waals surface area contributed by atoms with Crippen LogP contribution < -0.4 is 5.32 Å². The van der Waals surface area contributed by atoms with Gasteiger partial charge in [0.1, 0.15) is 0 Å². The molecule has 2 aromatic rings. The van der Waals surface area contributed by atoms with E-state index in [2.05, 4.69) is 10.2 Å². The van der Waals surface area contributed by atoms with Gasteiger partial charge in [-0.3, -0.25) is 14.3 Å². The Balaban J connectivity index is 1.32. The summed E-state index contributed by atoms with van der Waals surface area (Å²) in [5.74, 6) is 0.238. The van der Waals surface area contributed by atoms with E-state index < -0.39 is 10.0 Å². The average molecular weight is 481 g/mol. The zero-order valence-electron chi connectivity index (χ0n) is 17.9. The molecular weight excluding hydrogens is 452 g/mol. The van der Waals surface area contributed by atoms with Crippen LogP contribution in [0.2, 0.25) is 0 Å². The van der Waals surface area contributed by atoms with E-state index in [1.54, 1.807) is 18.2 Å². The Bertz CT molecular complexity index is 1160. The number of nitrogens with one attached hydrogen (secondary N) is 1. The van der Waals surface area contributed by atoms with Crippen LogP contribution in [0.5, 0.6) is 0 Å². The van der Waals surface area contributed by atoms with E-state index >= 15 is 0 Å². The Morgan fingerprint density at radius 2 is 1.81 bits per heavy atom. The Morgan fingerprint density at radius 3 is 2.50 bits per heavy atom. The number of morpholine rings is 1. The number of aromatic nitrogens is 1. The second kappa shape index (κ2) is 8.86. The van der Waals surface area contributed by atoms with Gasteiger partial charge in [0, 0.05) is 38.1 Å². The number of ether oxygens (including phenoxy) is 1. The molecule has 1 aromatic carbocycles. The zero-order chi connectivity index (χ0) is 22.3. The number of fused-ring (bicyclic) bond motifs is 1. The van der Waals surface area contributed by atoms with E-state index in [0.717, 1.165) is 38.8 Å². The van der Waals surface area contributed by atoms with Crippen LogP contribution in [-0.4, -0.2) is 73.5 Å². The van der Waals surface area contributed by atoms with Crippen LogP contribution in [0.25, 0.3) is 11.1 Å². The molecule has 1 aromatic heterocycles. The molecule has 3 heterocycles. The maximum atomic E-state index is 13.1. The van der Waals surface area contributed by atoms with Gasteiger partial charge in [-0.1, -0.05) is 0 Å². The molecular formula is C21H28N4O5S2. The number of carbonyl (C=O) groups excluding carboxylic acids is 1. The number of hydrogen-bond acceptors (Lipinski definition) is 7. The number of nitrogens with zero attached hydrogens (tertiary/aromatic N) is 3. The molecule has 2 saturated heterocycles. The molecule has 0 unspecified atom stereocenters. The first-order valence-corrected chi connectivity index (χ1v) is 13.0. The van der Waals surface area contributed by atoms with Gasteiger partial charge >= 0.3 is 0 Å². The number of sulfonamides is 1. The van der Waals surface area contributed by atoms with Gasteiger partial charge in [-0.15, -0.1) is 0 Å². The normalized spacial score (nSPS) is 21.8. The molecule has 1 saturated carbocycles. The first-order valence-electron chi connectivity index (χ1n) is 11.2. The fourth-order valence-electron chi connectivity index (χ4n) is 4.36. The highest BCUT2D eigenvalue weighted by Gasteiger charge is 2.31. The fraction of sp³-hybridized carbons (Fsp3) is 0.619. The van der Waals surface area contributed by atoms with Crippen LogP contribution >= 0.6 is 12.2 Å². The summed E-state index contributed by atoms with van der Waals surface area (Å²) in [4.78, 5) is 15.1. The molecule has 3 fully saturated rings. The number of piperidine rings is 1. The number of oxazole rings is 1. The number of amides is 1. The summed E-state index contributed by atoms with van der Waals surface area (Å²) in [6.45, 7) is 3.56. The monoisotopic (exact) mass is 480 g/mol. The predicted octanol–water partition coefficient (Wildman–Crippen LogP) is 1.93. The smallest absolute Gasteiger partial charge is 0.270 e. The second-order valence-electron chi connectivity index (χ2n) is 8.76. The average Bonchev–Trinajstić information content (AvgIpc) is 3.57. The molecule has 174 valence electrons. The predicted molar refractivity (Wildman–Crippen MR) is 120 cm³/mol. The van der Waals surface area contributed by atoms with Crippen LogP contribution in [0.3, 0.4) is 0 Å². The number of benzene rings is 1. The van der Waals surface area contributed by atoms with Crippen molar-refractivity contribution in [2.45, 2.75) is 43.3 Å². The molecule has 0 bridgehead atoms. The Labute approximate surface area is 192 Å². The van der Waals surface area contributed by atoms with Gasteiger partial charge in [-0.05, 0) is 56.1 Å². The summed E-state index contributed by atoms with van der Waals surface area (Å²) < 4.78 is 40.5. The van der Waals surface area contributed by atoms with Crippen LogP contribution in [0.15, 0.2) is 27.5 Å². The Hall–Kier alpha value is -1.79. The minimum absolute atomic E-state index is 0.0613. The molecule has 0 spiro atoms. The number of hydrogen-bond donors (Lipinski definition) is 1. The summed E-state index contributed by atoms with van der Waals surface area (Å²) in [7, 11) is -3.61. The second-order valence-corrected chi connectivity index (χ2v) is 11.0. The van der Waals surface area contributed by atoms with Crippen molar-refractivity contribution in [2.24, 2.45) is 5.92 Å². The lowest BCUT2D eigenvalue weighted by Crippen LogP contribution is -2.41. The minimum atomic E-state index is -3.61. The third kappa shape index (κ3) is 4.49. The Kier molecular flexibility index (Phi) is 6.10. The standard InChI is InChI=1S/C21H28N4O5S2/c26-20(22-16-1-2-16)15-5-7-23(8-6-15)14-25-18-13-17(3-4-19(18)30-21(25)31)32(27,28)24-9-11-29-12-10-24/h3-4,13,15-16H,1-2,5-12,14H2,(H,22,26). The molecule has 1 N–H and O–H groups in total. The van der Waals surface area contributed by atoms with Gasteiger partial charge in [-0.25, -0.2) is 8.42 Å². The molecule has 3 aliphatic rings. The lowest BCUT2D eigenvalue weighted by atomic mass is 9.96. The minimum Gasteiger partial charge on any atom is -0.429 e. The SMILES string of the molecule is O=C(NC1CC1)C1CCN(Cn2c(=S)oc3ccc(S(=O)(=O)N4CCOCC4)cc32)CC1. The van der Waals surface area contributed by atoms with Gasteiger partial charge in [0.15, 0.2) is 5.58 Å². The van der Waals surface area contributed by atoms with Crippen molar-refractivity contribution in [2.75, 3.05) is 39.4 Å². The van der Waals surface area contributed by atoms with Crippen LogP contribution in [-0.2, 0) is 26.2 Å². The van der Waals surface area contributed by atoms with E-state index in [9.17, 15) is 13.2 Å². The number of rotatable bonds is 6. The topological polar surface area (TPSA) is 97.0 Å². The van der Waals surface area contributed by atoms with Gasteiger partial charge in [-0.2, -0.15) is 4.31 Å². The number of carbonyl (C=O) groups is 1. The van der Waals surface area contributed by atoms with Crippen LogP contribution in [0, 0.1) is 10.8 Å². The molecule has 2 aliphatic heterocycles. The molecule has 11 heteroatoms. The maximum absolute atomic E-state index is 13.1. The highest BCUT2D eigenvalue weighted by molar-refractivity contribution is 7.89. The van der Waals surface area contributed by atoms with E-state index in [0.29, 0.717) is 55.0 Å². The molecule has 1 amide bonds. The highest BCUT2D eigenvalue weighted by Crippen LogP contribution is 2.26. The summed E-state index contributed by atoms with van der Waals surface area (Å²) >= 11 is 5.43. The van der Waals surface area contributed by atoms with E-state index in [4.69, 9.17) is 21.4 Å². The van der Waals surface area contributed by atoms with Gasteiger partial charge in [0.05, 0.1) is 30.3 Å². The fourth-order valence-corrected chi connectivity index (χ4v) is 6.03. The third-order valence-corrected chi connectivity index (χ3v) is 8.67. The lowest BCUT2D eigenvalue weighted by molar-refractivity contribution is -0.126. The third-order valence-electron chi connectivity index (χ3n) is 6.47. The molecule has 9 nitrogen and oxygen atoms in total. The first-order chi connectivity index (χ1) is 15.4. The van der Waals surface area contributed by atoms with Crippen molar-refractivity contribution in [3.8, 4) is 0 Å². The van der Waals surface area contributed by atoms with Crippen molar-refractivity contribution in [1.29, 1.82) is 0 Å². The van der Waals surface area contributed by atoms with Gasteiger partial charge in [0.2, 0.25) is 15.9 Å². The quantitative estimate of drug-likeness (QED) is 0.631. The highest BCUT2D eigenvalue weighted by atomic mass is 32.2. The Morgan fingerprint density at radius 1 is 1.09 bits per heavy atom. The largest absolute Gasteiger partial charge is 0.429 e. The molecule has 32 heavy (non-hydrogen) atoms. The first kappa shape index (κ1) is 22.0. The molecule has 0 atom stereocenters. The van der Waals surface area contributed by atoms with Gasteiger partial charge < -0.3 is 14.5 Å². The van der Waals surface area contributed by atoms with Crippen molar-refractivity contribution in [3.63, 3.8) is 0 Å². The molecule has 5 rings (SSSR count). The van der Waals surface area contributed by atoms with Crippen molar-refractivity contribution in [3.05, 3.63) is 23.0 Å². The molecule has 0 radical (unpaired) electrons. The lowest BCUT2D eigenvalue weighted by Gasteiger charge is -2.31. The summed E-state index contributed by atoms with van der Waals surface area (Å²) in [6.07, 6.45) is 3.80. The van der Waals surface area contributed by atoms with Crippen LogP contribution in [0.1, 0.15) is 25.7 Å². The van der Waals surface area contributed by atoms with Gasteiger partial charge in [0.25, 0.3) is 4.84 Å². The molecule has 1 aliphatic carbocycles.